The summed E-state index contributed by atoms with van der Waals surface area (Å²) in [7, 11) is 0. The third kappa shape index (κ3) is 3.55. The number of nitrogens with one attached hydrogen (secondary N) is 2. The van der Waals surface area contributed by atoms with Crippen LogP contribution in [0.15, 0.2) is 18.2 Å². The third-order valence-electron chi connectivity index (χ3n) is 4.73. The fraction of sp³-hybridized carbons (Fsp3) is 0.444. The minimum Gasteiger partial charge on any atom is -0.351 e. The minimum atomic E-state index is -1.49. The molecule has 7 heteroatoms. The van der Waals surface area contributed by atoms with Crippen LogP contribution >= 0.6 is 0 Å². The van der Waals surface area contributed by atoms with Crippen LogP contribution in [0.3, 0.4) is 0 Å². The second-order valence-electron chi connectivity index (χ2n) is 6.75. The van der Waals surface area contributed by atoms with E-state index >= 15 is 0 Å². The molecule has 0 amide bonds. The number of hydrogen-bond acceptors (Lipinski definition) is 4. The predicted octanol–water partition coefficient (Wildman–Crippen LogP) is 4.87. The van der Waals surface area contributed by atoms with E-state index in [1.165, 1.54) is 12.8 Å². The Balaban J connectivity index is 1.61. The predicted molar refractivity (Wildman–Crippen MR) is 89.5 cm³/mol. The van der Waals surface area contributed by atoms with E-state index in [4.69, 9.17) is 0 Å². The zero-order valence-corrected chi connectivity index (χ0v) is 13.7. The lowest BCUT2D eigenvalue weighted by atomic mass is 10.2. The van der Waals surface area contributed by atoms with Crippen molar-refractivity contribution in [3.63, 3.8) is 0 Å². The lowest BCUT2D eigenvalue weighted by molar-refractivity contribution is 0.449. The van der Waals surface area contributed by atoms with Crippen molar-refractivity contribution in [3.05, 3.63) is 41.3 Å². The van der Waals surface area contributed by atoms with E-state index in [1.54, 1.807) is 6.07 Å². The maximum atomic E-state index is 13.9. The van der Waals surface area contributed by atoms with Crippen molar-refractivity contribution in [2.24, 2.45) is 0 Å². The SMILES string of the molecule is Fc1ccc(Nc2cc(C3CC3)nc(NC3CCCC3)n2)c(F)c1F. The van der Waals surface area contributed by atoms with Gasteiger partial charge in [0.2, 0.25) is 5.95 Å². The van der Waals surface area contributed by atoms with E-state index in [-0.39, 0.29) is 5.69 Å². The fourth-order valence-corrected chi connectivity index (χ4v) is 3.20. The van der Waals surface area contributed by atoms with E-state index in [1.807, 2.05) is 0 Å². The average Bonchev–Trinajstić information content (AvgIpc) is 3.34. The van der Waals surface area contributed by atoms with Gasteiger partial charge >= 0.3 is 0 Å². The van der Waals surface area contributed by atoms with Gasteiger partial charge in [-0.25, -0.2) is 18.2 Å². The summed E-state index contributed by atoms with van der Waals surface area (Å²) in [6, 6.07) is 4.15. The first-order valence-electron chi connectivity index (χ1n) is 8.66. The molecular weight excluding hydrogens is 329 g/mol. The first-order valence-corrected chi connectivity index (χ1v) is 8.66. The minimum absolute atomic E-state index is 0.147. The largest absolute Gasteiger partial charge is 0.351 e. The lowest BCUT2D eigenvalue weighted by Crippen LogP contribution is -2.17. The summed E-state index contributed by atoms with van der Waals surface area (Å²) >= 11 is 0. The van der Waals surface area contributed by atoms with Crippen LogP contribution in [0.2, 0.25) is 0 Å². The molecule has 0 unspecified atom stereocenters. The van der Waals surface area contributed by atoms with Gasteiger partial charge in [0, 0.05) is 18.0 Å². The molecule has 0 saturated heterocycles. The molecule has 1 aromatic carbocycles. The number of aromatic nitrogens is 2. The first kappa shape index (κ1) is 16.2. The Morgan fingerprint density at radius 2 is 1.68 bits per heavy atom. The van der Waals surface area contributed by atoms with E-state index in [9.17, 15) is 13.2 Å². The molecule has 0 radical (unpaired) electrons. The molecule has 1 aromatic heterocycles. The summed E-state index contributed by atoms with van der Waals surface area (Å²) in [5.74, 6) is -2.69. The molecule has 0 spiro atoms. The van der Waals surface area contributed by atoms with Crippen LogP contribution in [0, 0.1) is 17.5 Å². The van der Waals surface area contributed by atoms with Crippen LogP contribution in [0.1, 0.15) is 50.1 Å². The van der Waals surface area contributed by atoms with E-state index in [0.29, 0.717) is 23.7 Å². The van der Waals surface area contributed by atoms with E-state index < -0.39 is 17.5 Å². The molecule has 2 aromatic rings. The topological polar surface area (TPSA) is 49.8 Å². The molecule has 2 aliphatic carbocycles. The lowest BCUT2D eigenvalue weighted by Gasteiger charge is -2.15. The fourth-order valence-electron chi connectivity index (χ4n) is 3.20. The average molecular weight is 348 g/mol. The maximum absolute atomic E-state index is 13.9. The van der Waals surface area contributed by atoms with Gasteiger partial charge in [-0.05, 0) is 37.8 Å². The molecule has 4 nitrogen and oxygen atoms in total. The molecule has 0 bridgehead atoms. The summed E-state index contributed by atoms with van der Waals surface area (Å²) in [5.41, 5.74) is 0.743. The molecule has 2 aliphatic rings. The number of rotatable bonds is 5. The van der Waals surface area contributed by atoms with Crippen LogP contribution in [-0.2, 0) is 0 Å². The maximum Gasteiger partial charge on any atom is 0.225 e. The van der Waals surface area contributed by atoms with Gasteiger partial charge in [0.1, 0.15) is 5.82 Å². The van der Waals surface area contributed by atoms with Gasteiger partial charge in [-0.1, -0.05) is 12.8 Å². The highest BCUT2D eigenvalue weighted by Crippen LogP contribution is 2.40. The Morgan fingerprint density at radius 3 is 2.40 bits per heavy atom. The highest BCUT2D eigenvalue weighted by molar-refractivity contribution is 5.59. The smallest absolute Gasteiger partial charge is 0.225 e. The van der Waals surface area contributed by atoms with Crippen LogP contribution in [0.25, 0.3) is 0 Å². The number of benzene rings is 1. The summed E-state index contributed by atoms with van der Waals surface area (Å²) < 4.78 is 40.4. The number of hydrogen-bond donors (Lipinski definition) is 2. The highest BCUT2D eigenvalue weighted by atomic mass is 19.2. The summed E-state index contributed by atoms with van der Waals surface area (Å²) in [6.07, 6.45) is 6.67. The molecule has 4 rings (SSSR count). The monoisotopic (exact) mass is 348 g/mol. The summed E-state index contributed by atoms with van der Waals surface area (Å²) in [6.45, 7) is 0. The van der Waals surface area contributed by atoms with Gasteiger partial charge < -0.3 is 10.6 Å². The van der Waals surface area contributed by atoms with Crippen molar-refractivity contribution >= 4 is 17.5 Å². The van der Waals surface area contributed by atoms with Gasteiger partial charge in [0.15, 0.2) is 17.5 Å². The number of nitrogens with zero attached hydrogens (tertiary/aromatic N) is 2. The molecule has 25 heavy (non-hydrogen) atoms. The highest BCUT2D eigenvalue weighted by Gasteiger charge is 2.27. The quantitative estimate of drug-likeness (QED) is 0.757. The van der Waals surface area contributed by atoms with Crippen LogP contribution < -0.4 is 10.6 Å². The number of anilines is 3. The Labute approximate surface area is 143 Å². The van der Waals surface area contributed by atoms with Crippen molar-refractivity contribution in [3.8, 4) is 0 Å². The molecule has 0 aliphatic heterocycles. The number of halogens is 3. The molecule has 1 heterocycles. The van der Waals surface area contributed by atoms with Gasteiger partial charge in [-0.3, -0.25) is 0 Å². The van der Waals surface area contributed by atoms with Crippen molar-refractivity contribution < 1.29 is 13.2 Å². The Bertz CT molecular complexity index is 786. The molecule has 2 N–H and O–H groups in total. The molecule has 132 valence electrons. The Morgan fingerprint density at radius 1 is 0.920 bits per heavy atom. The van der Waals surface area contributed by atoms with Crippen LogP contribution in [0.5, 0.6) is 0 Å². The normalized spacial score (nSPS) is 17.7. The first-order chi connectivity index (χ1) is 12.1. The van der Waals surface area contributed by atoms with Gasteiger partial charge in [-0.15, -0.1) is 0 Å². The Hall–Kier alpha value is -2.31. The van der Waals surface area contributed by atoms with Crippen molar-refractivity contribution in [2.45, 2.75) is 50.5 Å². The Kier molecular flexibility index (Phi) is 4.23. The third-order valence-corrected chi connectivity index (χ3v) is 4.73. The zero-order valence-electron chi connectivity index (χ0n) is 13.7. The van der Waals surface area contributed by atoms with Crippen molar-refractivity contribution in [1.29, 1.82) is 0 Å². The van der Waals surface area contributed by atoms with Crippen molar-refractivity contribution in [1.82, 2.24) is 9.97 Å². The second-order valence-corrected chi connectivity index (χ2v) is 6.75. The summed E-state index contributed by atoms with van der Waals surface area (Å²) in [5, 5.41) is 6.09. The zero-order chi connectivity index (χ0) is 17.4. The second kappa shape index (κ2) is 6.54. The van der Waals surface area contributed by atoms with Crippen molar-refractivity contribution in [2.75, 3.05) is 10.6 Å². The van der Waals surface area contributed by atoms with E-state index in [0.717, 1.165) is 43.5 Å². The molecule has 0 atom stereocenters. The molecule has 2 fully saturated rings. The van der Waals surface area contributed by atoms with Gasteiger partial charge in [0.25, 0.3) is 0 Å². The van der Waals surface area contributed by atoms with E-state index in [2.05, 4.69) is 20.6 Å². The van der Waals surface area contributed by atoms with Crippen LogP contribution in [0.4, 0.5) is 30.6 Å². The summed E-state index contributed by atoms with van der Waals surface area (Å²) in [4.78, 5) is 8.94. The molecule has 2 saturated carbocycles. The van der Waals surface area contributed by atoms with Crippen LogP contribution in [-0.4, -0.2) is 16.0 Å². The van der Waals surface area contributed by atoms with Gasteiger partial charge in [-0.2, -0.15) is 4.98 Å². The standard InChI is InChI=1S/C18H19F3N4/c19-12-7-8-13(17(21)16(12)20)23-15-9-14(10-5-6-10)24-18(25-15)22-11-3-1-2-4-11/h7-11H,1-6H2,(H2,22,23,24,25). The van der Waals surface area contributed by atoms with Gasteiger partial charge in [0.05, 0.1) is 11.4 Å². The molecular formula is C18H19F3N4.